The quantitative estimate of drug-likeness (QED) is 0.500. The van der Waals surface area contributed by atoms with Crippen molar-refractivity contribution in [3.05, 3.63) is 0 Å². The molecule has 0 aliphatic rings. The van der Waals surface area contributed by atoms with Gasteiger partial charge >= 0.3 is 0 Å². The van der Waals surface area contributed by atoms with Crippen LogP contribution >= 0.6 is 0 Å². The molecule has 0 rings (SSSR count). The van der Waals surface area contributed by atoms with E-state index >= 15 is 0 Å². The first-order valence-electron chi connectivity index (χ1n) is 4.65. The average Bonchev–Trinajstić information content (AvgIpc) is 2.10. The molecule has 0 aliphatic carbocycles. The number of unbranched alkanes of at least 4 members (excludes halogenated alkanes) is 2. The average molecular weight is 175 g/mol. The first kappa shape index (κ1) is 11.9. The monoisotopic (exact) mass is 175 g/mol. The van der Waals surface area contributed by atoms with Gasteiger partial charge in [-0.2, -0.15) is 0 Å². The lowest BCUT2D eigenvalue weighted by atomic mass is 10.2. The molecule has 0 unspecified atom stereocenters. The van der Waals surface area contributed by atoms with Gasteiger partial charge in [-0.3, -0.25) is 0 Å². The van der Waals surface area contributed by atoms with Gasteiger partial charge in [0.2, 0.25) is 0 Å². The molecule has 0 aromatic rings. The summed E-state index contributed by atoms with van der Waals surface area (Å²) in [5.41, 5.74) is 0. The molecule has 73 valence electrons. The fourth-order valence-electron chi connectivity index (χ4n) is 0.847. The van der Waals surface area contributed by atoms with Crippen molar-refractivity contribution in [2.24, 2.45) is 0 Å². The minimum atomic E-state index is 0.0406. The van der Waals surface area contributed by atoms with Crippen LogP contribution in [0.1, 0.15) is 26.2 Å². The Morgan fingerprint density at radius 1 is 0.917 bits per heavy atom. The van der Waals surface area contributed by atoms with Crippen LogP contribution in [0.15, 0.2) is 0 Å². The van der Waals surface area contributed by atoms with Gasteiger partial charge in [0.1, 0.15) is 0 Å². The molecule has 0 saturated heterocycles. The van der Waals surface area contributed by atoms with Gasteiger partial charge in [0.25, 0.3) is 0 Å². The normalized spacial score (nSPS) is 10.5. The molecule has 1 radical (unpaired) electrons. The lowest BCUT2D eigenvalue weighted by Crippen LogP contribution is -2.04. The van der Waals surface area contributed by atoms with Crippen molar-refractivity contribution < 1.29 is 14.6 Å². The second-order valence-electron chi connectivity index (χ2n) is 2.57. The molecule has 0 heterocycles. The molecule has 3 heteroatoms. The Morgan fingerprint density at radius 3 is 2.33 bits per heavy atom. The van der Waals surface area contributed by atoms with Crippen LogP contribution in [0, 0.1) is 0 Å². The second kappa shape index (κ2) is 10.9. The Kier molecular flexibility index (Phi) is 10.8. The van der Waals surface area contributed by atoms with Crippen LogP contribution < -0.4 is 0 Å². The third-order valence-electron chi connectivity index (χ3n) is 1.51. The van der Waals surface area contributed by atoms with Gasteiger partial charge < -0.3 is 9.47 Å². The molecular weight excluding hydrogens is 156 g/mol. The maximum absolute atomic E-state index is 10.0. The second-order valence-corrected chi connectivity index (χ2v) is 2.57. The third-order valence-corrected chi connectivity index (χ3v) is 1.51. The van der Waals surface area contributed by atoms with Crippen molar-refractivity contribution in [1.29, 1.82) is 0 Å². The van der Waals surface area contributed by atoms with Gasteiger partial charge in [-0.1, -0.05) is 0 Å². The van der Waals surface area contributed by atoms with E-state index in [4.69, 9.17) is 9.47 Å². The molecule has 12 heavy (non-hydrogen) atoms. The van der Waals surface area contributed by atoms with E-state index in [0.29, 0.717) is 13.2 Å². The Morgan fingerprint density at radius 2 is 1.67 bits per heavy atom. The van der Waals surface area contributed by atoms with Crippen molar-refractivity contribution in [1.82, 2.24) is 0 Å². The van der Waals surface area contributed by atoms with Crippen LogP contribution in [0.2, 0.25) is 0 Å². The van der Waals surface area contributed by atoms with Gasteiger partial charge in [-0.25, -0.2) is 5.11 Å². The Balaban J connectivity index is 2.73. The van der Waals surface area contributed by atoms with E-state index in [1.165, 1.54) is 0 Å². The van der Waals surface area contributed by atoms with E-state index in [1.54, 1.807) is 0 Å². The summed E-state index contributed by atoms with van der Waals surface area (Å²) in [6.45, 7) is 4.86. The minimum Gasteiger partial charge on any atom is -0.379 e. The molecule has 0 atom stereocenters. The van der Waals surface area contributed by atoms with Crippen molar-refractivity contribution in [3.8, 4) is 0 Å². The zero-order valence-corrected chi connectivity index (χ0v) is 7.88. The number of hydrogen-bond acceptors (Lipinski definition) is 2. The summed E-state index contributed by atoms with van der Waals surface area (Å²) in [5.74, 6) is 0. The molecule has 3 nitrogen and oxygen atoms in total. The lowest BCUT2D eigenvalue weighted by molar-refractivity contribution is 0.0506. The molecular formula is C9H19O3. The highest BCUT2D eigenvalue weighted by Gasteiger charge is 1.89. The van der Waals surface area contributed by atoms with E-state index in [-0.39, 0.29) is 6.61 Å². The van der Waals surface area contributed by atoms with Gasteiger partial charge in [0, 0.05) is 13.2 Å². The minimum absolute atomic E-state index is 0.0406. The Hall–Kier alpha value is -0.120. The summed E-state index contributed by atoms with van der Waals surface area (Å²) in [7, 11) is 0. The SMILES string of the molecule is CCOCCOCCCCC[O]. The van der Waals surface area contributed by atoms with Crippen molar-refractivity contribution in [2.45, 2.75) is 26.2 Å². The zero-order chi connectivity index (χ0) is 9.07. The van der Waals surface area contributed by atoms with Crippen LogP contribution in [-0.4, -0.2) is 33.0 Å². The predicted octanol–water partition coefficient (Wildman–Crippen LogP) is 1.64. The summed E-state index contributed by atoms with van der Waals surface area (Å²) < 4.78 is 10.3. The van der Waals surface area contributed by atoms with Crippen LogP contribution in [-0.2, 0) is 14.6 Å². The smallest absolute Gasteiger partial charge is 0.0822 e. The lowest BCUT2D eigenvalue weighted by Gasteiger charge is -2.03. The highest BCUT2D eigenvalue weighted by molar-refractivity contribution is 4.39. The molecule has 0 aromatic carbocycles. The number of hydrogen-bond donors (Lipinski definition) is 0. The van der Waals surface area contributed by atoms with Crippen LogP contribution in [0.3, 0.4) is 0 Å². The molecule has 0 saturated carbocycles. The van der Waals surface area contributed by atoms with E-state index in [9.17, 15) is 5.11 Å². The Labute approximate surface area is 74.7 Å². The summed E-state index contributed by atoms with van der Waals surface area (Å²) in [6.07, 6.45) is 2.75. The molecule has 0 amide bonds. The molecule has 0 N–H and O–H groups in total. The zero-order valence-electron chi connectivity index (χ0n) is 7.88. The number of ether oxygens (including phenoxy) is 2. The first-order chi connectivity index (χ1) is 5.91. The van der Waals surface area contributed by atoms with Crippen LogP contribution in [0.5, 0.6) is 0 Å². The van der Waals surface area contributed by atoms with Crippen LogP contribution in [0.4, 0.5) is 0 Å². The van der Waals surface area contributed by atoms with Gasteiger partial charge in [0.05, 0.1) is 19.8 Å². The largest absolute Gasteiger partial charge is 0.379 e. The van der Waals surface area contributed by atoms with Crippen molar-refractivity contribution in [2.75, 3.05) is 33.0 Å². The summed E-state index contributed by atoms with van der Waals surface area (Å²) >= 11 is 0. The maximum atomic E-state index is 10.0. The highest BCUT2D eigenvalue weighted by Crippen LogP contribution is 1.94. The third kappa shape index (κ3) is 9.88. The highest BCUT2D eigenvalue weighted by atomic mass is 16.5. The summed E-state index contributed by atoms with van der Waals surface area (Å²) in [5, 5.41) is 10.0. The van der Waals surface area contributed by atoms with E-state index in [0.717, 1.165) is 32.5 Å². The van der Waals surface area contributed by atoms with Gasteiger partial charge in [-0.05, 0) is 26.2 Å². The molecule has 0 spiro atoms. The number of rotatable bonds is 9. The van der Waals surface area contributed by atoms with Crippen molar-refractivity contribution >= 4 is 0 Å². The molecule has 0 fully saturated rings. The predicted molar refractivity (Wildman–Crippen MR) is 46.7 cm³/mol. The summed E-state index contributed by atoms with van der Waals surface area (Å²) in [4.78, 5) is 0. The van der Waals surface area contributed by atoms with E-state index in [1.807, 2.05) is 6.92 Å². The molecule has 0 aromatic heterocycles. The van der Waals surface area contributed by atoms with Crippen LogP contribution in [0.25, 0.3) is 0 Å². The van der Waals surface area contributed by atoms with Gasteiger partial charge in [-0.15, -0.1) is 0 Å². The first-order valence-corrected chi connectivity index (χ1v) is 4.65. The van der Waals surface area contributed by atoms with Crippen molar-refractivity contribution in [3.63, 3.8) is 0 Å². The molecule has 0 aliphatic heterocycles. The van der Waals surface area contributed by atoms with E-state index in [2.05, 4.69) is 0 Å². The fourth-order valence-corrected chi connectivity index (χ4v) is 0.847. The Bertz CT molecular complexity index is 66.2. The fraction of sp³-hybridized carbons (Fsp3) is 1.00. The summed E-state index contributed by atoms with van der Waals surface area (Å²) in [6, 6.07) is 0. The molecule has 0 bridgehead atoms. The van der Waals surface area contributed by atoms with E-state index < -0.39 is 0 Å². The topological polar surface area (TPSA) is 38.4 Å². The standard InChI is InChI=1S/C9H19O3/c1-2-11-8-9-12-7-5-3-4-6-10/h2-9H2,1H3. The van der Waals surface area contributed by atoms with Gasteiger partial charge in [0.15, 0.2) is 0 Å². The maximum Gasteiger partial charge on any atom is 0.0822 e.